The van der Waals surface area contributed by atoms with Gasteiger partial charge in [0.1, 0.15) is 11.4 Å². The minimum Gasteiger partial charge on any atom is -0.495 e. The molecular formula is C24H20N2O5. The van der Waals surface area contributed by atoms with Gasteiger partial charge in [0.25, 0.3) is 5.69 Å². The predicted molar refractivity (Wildman–Crippen MR) is 114 cm³/mol. The number of rotatable bonds is 4. The van der Waals surface area contributed by atoms with Crippen molar-refractivity contribution in [3.63, 3.8) is 0 Å². The molecule has 4 atom stereocenters. The summed E-state index contributed by atoms with van der Waals surface area (Å²) in [5.41, 5.74) is 3.22. The van der Waals surface area contributed by atoms with Crippen LogP contribution in [0.4, 0.5) is 11.4 Å². The monoisotopic (exact) mass is 416 g/mol. The second-order valence-corrected chi connectivity index (χ2v) is 8.06. The fourth-order valence-corrected chi connectivity index (χ4v) is 5.32. The lowest BCUT2D eigenvalue weighted by Crippen LogP contribution is -2.33. The van der Waals surface area contributed by atoms with Crippen molar-refractivity contribution >= 4 is 28.8 Å². The lowest BCUT2D eigenvalue weighted by Gasteiger charge is -2.21. The molecule has 0 N–H and O–H groups in total. The molecule has 2 amide bonds. The summed E-state index contributed by atoms with van der Waals surface area (Å²) in [4.78, 5) is 38.7. The number of carbonyl (C=O) groups excluding carboxylic acids is 2. The zero-order valence-corrected chi connectivity index (χ0v) is 17.0. The number of fused-ring (bicyclic) bond motifs is 5. The molecule has 0 radical (unpaired) electrons. The van der Waals surface area contributed by atoms with Crippen molar-refractivity contribution in [2.24, 2.45) is 23.7 Å². The van der Waals surface area contributed by atoms with Gasteiger partial charge in [-0.05, 0) is 24.1 Å². The van der Waals surface area contributed by atoms with E-state index in [4.69, 9.17) is 4.74 Å². The van der Waals surface area contributed by atoms with Crippen LogP contribution in [0.1, 0.15) is 12.5 Å². The van der Waals surface area contributed by atoms with Crippen LogP contribution in [0.25, 0.3) is 5.57 Å². The van der Waals surface area contributed by atoms with E-state index in [9.17, 15) is 19.7 Å². The van der Waals surface area contributed by atoms with Gasteiger partial charge in [-0.15, -0.1) is 0 Å². The maximum atomic E-state index is 13.5. The molecule has 0 aromatic heterocycles. The minimum atomic E-state index is -0.551. The summed E-state index contributed by atoms with van der Waals surface area (Å²) >= 11 is 0. The largest absolute Gasteiger partial charge is 0.495 e. The number of nitro groups is 1. The molecule has 2 aromatic carbocycles. The number of anilines is 1. The predicted octanol–water partition coefficient (Wildman–Crippen LogP) is 4.00. The average Bonchev–Trinajstić information content (AvgIpc) is 3.42. The number of amides is 2. The van der Waals surface area contributed by atoms with Gasteiger partial charge in [0.2, 0.25) is 11.8 Å². The topological polar surface area (TPSA) is 89.8 Å². The summed E-state index contributed by atoms with van der Waals surface area (Å²) in [5.74, 6) is -1.71. The molecule has 156 valence electrons. The number of imide groups is 1. The zero-order valence-electron chi connectivity index (χ0n) is 17.0. The number of methoxy groups -OCH3 is 1. The highest BCUT2D eigenvalue weighted by molar-refractivity contribution is 6.24. The molecule has 0 spiro atoms. The summed E-state index contributed by atoms with van der Waals surface area (Å²) < 4.78 is 5.30. The van der Waals surface area contributed by atoms with Crippen LogP contribution < -0.4 is 9.64 Å². The van der Waals surface area contributed by atoms with Gasteiger partial charge in [-0.3, -0.25) is 19.7 Å². The van der Waals surface area contributed by atoms with Crippen molar-refractivity contribution in [3.05, 3.63) is 81.9 Å². The smallest absolute Gasteiger partial charge is 0.271 e. The molecule has 1 saturated heterocycles. The van der Waals surface area contributed by atoms with Crippen molar-refractivity contribution in [2.75, 3.05) is 12.0 Å². The first-order chi connectivity index (χ1) is 14.9. The van der Waals surface area contributed by atoms with Gasteiger partial charge in [0.15, 0.2) is 0 Å². The minimum absolute atomic E-state index is 0.130. The molecule has 5 rings (SSSR count). The van der Waals surface area contributed by atoms with Gasteiger partial charge in [0.05, 0.1) is 23.9 Å². The average molecular weight is 416 g/mol. The van der Waals surface area contributed by atoms with Crippen LogP contribution in [0.5, 0.6) is 5.75 Å². The highest BCUT2D eigenvalue weighted by Crippen LogP contribution is 2.58. The van der Waals surface area contributed by atoms with Gasteiger partial charge in [-0.2, -0.15) is 0 Å². The van der Waals surface area contributed by atoms with E-state index >= 15 is 0 Å². The number of ether oxygens (including phenoxy) is 1. The van der Waals surface area contributed by atoms with E-state index in [2.05, 4.69) is 0 Å². The van der Waals surface area contributed by atoms with Gasteiger partial charge < -0.3 is 4.74 Å². The molecule has 2 fully saturated rings. The van der Waals surface area contributed by atoms with Crippen LogP contribution >= 0.6 is 0 Å². The van der Waals surface area contributed by atoms with Crippen molar-refractivity contribution in [1.29, 1.82) is 0 Å². The SMILES string of the molecule is COc1ccc([N+](=O)[O-])cc1N1C(=O)[C@@H]2[C@H](C1=O)[C@H]1C=C[C@H]2C1=C(C)c1ccccc1. The van der Waals surface area contributed by atoms with Crippen molar-refractivity contribution in [2.45, 2.75) is 6.92 Å². The fraction of sp³-hybridized carbons (Fsp3) is 0.250. The molecule has 2 aliphatic carbocycles. The van der Waals surface area contributed by atoms with Gasteiger partial charge in [-0.25, -0.2) is 4.90 Å². The second-order valence-electron chi connectivity index (χ2n) is 8.06. The van der Waals surface area contributed by atoms with Crippen LogP contribution in [0.3, 0.4) is 0 Å². The first kappa shape index (κ1) is 19.2. The fourth-order valence-electron chi connectivity index (χ4n) is 5.32. The van der Waals surface area contributed by atoms with E-state index in [-0.39, 0.29) is 40.8 Å². The third-order valence-electron chi connectivity index (χ3n) is 6.67. The van der Waals surface area contributed by atoms with Crippen molar-refractivity contribution in [3.8, 4) is 5.75 Å². The molecule has 1 heterocycles. The summed E-state index contributed by atoms with van der Waals surface area (Å²) in [6, 6.07) is 13.9. The van der Waals surface area contributed by atoms with Crippen LogP contribution in [0, 0.1) is 33.8 Å². The lowest BCUT2D eigenvalue weighted by atomic mass is 9.85. The van der Waals surface area contributed by atoms with Crippen LogP contribution in [-0.4, -0.2) is 23.8 Å². The Morgan fingerprint density at radius 2 is 1.61 bits per heavy atom. The Hall–Kier alpha value is -3.74. The number of carbonyl (C=O) groups is 2. The third kappa shape index (κ3) is 2.66. The highest BCUT2D eigenvalue weighted by Gasteiger charge is 2.62. The summed E-state index contributed by atoms with van der Waals surface area (Å²) in [7, 11) is 1.41. The normalized spacial score (nSPS) is 27.6. The Bertz CT molecular complexity index is 1150. The van der Waals surface area contributed by atoms with Crippen LogP contribution in [-0.2, 0) is 9.59 Å². The van der Waals surface area contributed by atoms with E-state index in [0.717, 1.165) is 21.6 Å². The summed E-state index contributed by atoms with van der Waals surface area (Å²) in [5, 5.41) is 11.3. The van der Waals surface area contributed by atoms with Gasteiger partial charge >= 0.3 is 0 Å². The molecule has 31 heavy (non-hydrogen) atoms. The quantitative estimate of drug-likeness (QED) is 0.325. The standard InChI is InChI=1S/C24H20N2O5/c1-13(14-6-4-3-5-7-14)20-16-9-10-17(20)22-21(16)23(27)25(24(22)28)18-12-15(26(29)30)8-11-19(18)31-2/h3-12,16-17,21-22H,1-2H3/t16-,17-,21-,22+/m0/s1. The first-order valence-corrected chi connectivity index (χ1v) is 10.1. The Morgan fingerprint density at radius 1 is 1.00 bits per heavy atom. The molecule has 7 nitrogen and oxygen atoms in total. The molecule has 1 aliphatic heterocycles. The molecular weight excluding hydrogens is 396 g/mol. The van der Waals surface area contributed by atoms with Crippen molar-refractivity contribution in [1.82, 2.24) is 0 Å². The second kappa shape index (κ2) is 6.91. The molecule has 1 saturated carbocycles. The molecule has 2 aromatic rings. The maximum Gasteiger partial charge on any atom is 0.271 e. The zero-order chi connectivity index (χ0) is 21.9. The van der Waals surface area contributed by atoms with E-state index in [0.29, 0.717) is 0 Å². The van der Waals surface area contributed by atoms with Crippen LogP contribution in [0.15, 0.2) is 66.3 Å². The number of hydrogen-bond donors (Lipinski definition) is 0. The summed E-state index contributed by atoms with van der Waals surface area (Å²) in [6.07, 6.45) is 4.04. The number of allylic oxidation sites excluding steroid dienone is 4. The number of non-ortho nitro benzene ring substituents is 1. The maximum absolute atomic E-state index is 13.5. The molecule has 7 heteroatoms. The molecule has 2 bridgehead atoms. The number of nitro benzene ring substituents is 1. The number of benzene rings is 2. The number of nitrogens with zero attached hydrogens (tertiary/aromatic N) is 2. The first-order valence-electron chi connectivity index (χ1n) is 10.1. The van der Waals surface area contributed by atoms with E-state index < -0.39 is 16.8 Å². The Labute approximate surface area is 178 Å². The van der Waals surface area contributed by atoms with E-state index in [1.165, 1.54) is 25.3 Å². The van der Waals surface area contributed by atoms with Gasteiger partial charge in [-0.1, -0.05) is 48.1 Å². The van der Waals surface area contributed by atoms with E-state index in [1.807, 2.05) is 49.4 Å². The van der Waals surface area contributed by atoms with E-state index in [1.54, 1.807) is 0 Å². The lowest BCUT2D eigenvalue weighted by molar-refractivity contribution is -0.384. The molecule has 0 unspecified atom stereocenters. The summed E-state index contributed by atoms with van der Waals surface area (Å²) in [6.45, 7) is 2.04. The Morgan fingerprint density at radius 3 is 2.16 bits per heavy atom. The third-order valence-corrected chi connectivity index (χ3v) is 6.67. The molecule has 3 aliphatic rings. The Kier molecular flexibility index (Phi) is 4.28. The van der Waals surface area contributed by atoms with Crippen LogP contribution in [0.2, 0.25) is 0 Å². The Balaban J connectivity index is 1.57. The van der Waals surface area contributed by atoms with Gasteiger partial charge in [0, 0.05) is 24.0 Å². The number of hydrogen-bond acceptors (Lipinski definition) is 5. The van der Waals surface area contributed by atoms with Crippen molar-refractivity contribution < 1.29 is 19.2 Å². The highest BCUT2D eigenvalue weighted by atomic mass is 16.6.